The van der Waals surface area contributed by atoms with Crippen molar-refractivity contribution in [1.82, 2.24) is 10.2 Å². The number of likely N-dealkylation sites (N-methyl/N-ethyl adjacent to an activating group) is 2. The van der Waals surface area contributed by atoms with Gasteiger partial charge in [-0.25, -0.2) is 0 Å². The van der Waals surface area contributed by atoms with Crippen LogP contribution in [-0.4, -0.2) is 36.6 Å². The third-order valence-electron chi connectivity index (χ3n) is 4.77. The second-order valence-corrected chi connectivity index (χ2v) is 6.44. The highest BCUT2D eigenvalue weighted by Crippen LogP contribution is 2.31. The second-order valence-electron chi connectivity index (χ2n) is 5.63. The van der Waals surface area contributed by atoms with Crippen molar-refractivity contribution in [2.24, 2.45) is 0 Å². The normalized spacial score (nSPS) is 16.0. The second kappa shape index (κ2) is 8.38. The standard InChI is InChI=1S/C17H28Cl2N2/c1-6-17(4,21(7-2)8-3)16(20-5)12-13-14(18)10-9-11-15(13)19/h9-11,16,20H,6-8,12H2,1-5H3. The van der Waals surface area contributed by atoms with E-state index in [1.807, 2.05) is 25.2 Å². The molecule has 4 heteroatoms. The van der Waals surface area contributed by atoms with Gasteiger partial charge in [-0.1, -0.05) is 50.0 Å². The zero-order valence-electron chi connectivity index (χ0n) is 13.8. The molecule has 120 valence electrons. The highest BCUT2D eigenvalue weighted by Gasteiger charge is 2.36. The number of nitrogens with zero attached hydrogens (tertiary/aromatic N) is 1. The van der Waals surface area contributed by atoms with Gasteiger partial charge in [0.2, 0.25) is 0 Å². The van der Waals surface area contributed by atoms with Crippen LogP contribution in [0.4, 0.5) is 0 Å². The average molecular weight is 331 g/mol. The molecule has 1 rings (SSSR count). The van der Waals surface area contributed by atoms with Crippen molar-refractivity contribution in [2.75, 3.05) is 20.1 Å². The minimum atomic E-state index is 0.0702. The van der Waals surface area contributed by atoms with E-state index in [0.717, 1.165) is 41.5 Å². The van der Waals surface area contributed by atoms with E-state index in [1.54, 1.807) is 0 Å². The van der Waals surface area contributed by atoms with Crippen LogP contribution in [0.2, 0.25) is 10.0 Å². The van der Waals surface area contributed by atoms with Crippen molar-refractivity contribution in [3.63, 3.8) is 0 Å². The molecule has 0 aliphatic carbocycles. The van der Waals surface area contributed by atoms with Crippen molar-refractivity contribution in [2.45, 2.75) is 52.1 Å². The molecule has 2 atom stereocenters. The molecule has 2 unspecified atom stereocenters. The van der Waals surface area contributed by atoms with E-state index in [1.165, 1.54) is 0 Å². The van der Waals surface area contributed by atoms with Crippen molar-refractivity contribution in [1.29, 1.82) is 0 Å². The summed E-state index contributed by atoms with van der Waals surface area (Å²) in [5.41, 5.74) is 1.10. The maximum absolute atomic E-state index is 6.35. The molecule has 0 saturated carbocycles. The minimum absolute atomic E-state index is 0.0702. The van der Waals surface area contributed by atoms with Crippen LogP contribution >= 0.6 is 23.2 Å². The van der Waals surface area contributed by atoms with Gasteiger partial charge in [0.1, 0.15) is 0 Å². The Labute approximate surface area is 139 Å². The van der Waals surface area contributed by atoms with Gasteiger partial charge >= 0.3 is 0 Å². The molecule has 0 amide bonds. The molecular formula is C17H28Cl2N2. The molecule has 0 aromatic heterocycles. The average Bonchev–Trinajstić information content (AvgIpc) is 2.48. The van der Waals surface area contributed by atoms with E-state index in [9.17, 15) is 0 Å². The van der Waals surface area contributed by atoms with Gasteiger partial charge in [-0.15, -0.1) is 0 Å². The molecular weight excluding hydrogens is 303 g/mol. The highest BCUT2D eigenvalue weighted by molar-refractivity contribution is 6.36. The van der Waals surface area contributed by atoms with Crippen LogP contribution in [0.15, 0.2) is 18.2 Å². The lowest BCUT2D eigenvalue weighted by molar-refractivity contribution is 0.0730. The quantitative estimate of drug-likeness (QED) is 0.747. The van der Waals surface area contributed by atoms with Crippen LogP contribution in [0, 0.1) is 0 Å². The topological polar surface area (TPSA) is 15.3 Å². The Morgan fingerprint density at radius 1 is 1.14 bits per heavy atom. The molecule has 0 fully saturated rings. The molecule has 0 heterocycles. The Morgan fingerprint density at radius 2 is 1.67 bits per heavy atom. The fraction of sp³-hybridized carbons (Fsp3) is 0.647. The van der Waals surface area contributed by atoms with Gasteiger partial charge in [0, 0.05) is 21.6 Å². The Bertz CT molecular complexity index is 426. The predicted molar refractivity (Wildman–Crippen MR) is 94.6 cm³/mol. The smallest absolute Gasteiger partial charge is 0.0453 e. The molecule has 1 N–H and O–H groups in total. The summed E-state index contributed by atoms with van der Waals surface area (Å²) in [7, 11) is 2.02. The van der Waals surface area contributed by atoms with Gasteiger partial charge in [-0.2, -0.15) is 0 Å². The third-order valence-corrected chi connectivity index (χ3v) is 5.48. The first kappa shape index (κ1) is 18.8. The zero-order valence-corrected chi connectivity index (χ0v) is 15.4. The molecule has 1 aromatic carbocycles. The van der Waals surface area contributed by atoms with E-state index in [4.69, 9.17) is 23.2 Å². The predicted octanol–water partition coefficient (Wildman–Crippen LogP) is 4.63. The lowest BCUT2D eigenvalue weighted by atomic mass is 9.83. The molecule has 0 aliphatic heterocycles. The molecule has 21 heavy (non-hydrogen) atoms. The molecule has 1 aromatic rings. The molecule has 0 aliphatic rings. The summed E-state index contributed by atoms with van der Waals surface area (Å²) in [5, 5.41) is 4.99. The van der Waals surface area contributed by atoms with Crippen molar-refractivity contribution in [3.8, 4) is 0 Å². The summed E-state index contributed by atoms with van der Waals surface area (Å²) in [6, 6.07) is 6.01. The van der Waals surface area contributed by atoms with Crippen LogP contribution in [0.1, 0.15) is 39.7 Å². The number of hydrogen-bond donors (Lipinski definition) is 1. The first-order chi connectivity index (χ1) is 9.94. The summed E-state index contributed by atoms with van der Waals surface area (Å²) < 4.78 is 0. The molecule has 0 spiro atoms. The zero-order chi connectivity index (χ0) is 16.0. The first-order valence-electron chi connectivity index (χ1n) is 7.79. The highest BCUT2D eigenvalue weighted by atomic mass is 35.5. The van der Waals surface area contributed by atoms with Gasteiger partial charge in [-0.05, 0) is 57.6 Å². The van der Waals surface area contributed by atoms with Gasteiger partial charge in [0.15, 0.2) is 0 Å². The van der Waals surface area contributed by atoms with Gasteiger partial charge in [-0.3, -0.25) is 4.90 Å². The van der Waals surface area contributed by atoms with Crippen molar-refractivity contribution in [3.05, 3.63) is 33.8 Å². The summed E-state index contributed by atoms with van der Waals surface area (Å²) in [5.74, 6) is 0. The lowest BCUT2D eigenvalue weighted by Gasteiger charge is -2.46. The van der Waals surface area contributed by atoms with Crippen LogP contribution in [0.5, 0.6) is 0 Å². The van der Waals surface area contributed by atoms with E-state index < -0.39 is 0 Å². The van der Waals surface area contributed by atoms with E-state index >= 15 is 0 Å². The van der Waals surface area contributed by atoms with Gasteiger partial charge in [0.25, 0.3) is 0 Å². The van der Waals surface area contributed by atoms with Crippen LogP contribution < -0.4 is 5.32 Å². The number of halogens is 2. The maximum atomic E-state index is 6.35. The van der Waals surface area contributed by atoms with Gasteiger partial charge < -0.3 is 5.32 Å². The Hall–Kier alpha value is -0.280. The molecule has 0 radical (unpaired) electrons. The summed E-state index contributed by atoms with van der Waals surface area (Å²) >= 11 is 12.7. The number of hydrogen-bond acceptors (Lipinski definition) is 2. The van der Waals surface area contributed by atoms with E-state index in [-0.39, 0.29) is 5.54 Å². The van der Waals surface area contributed by atoms with E-state index in [2.05, 4.69) is 37.9 Å². The SMILES string of the molecule is CCN(CC)C(C)(CC)C(Cc1c(Cl)cccc1Cl)NC. The minimum Gasteiger partial charge on any atom is -0.315 e. The Balaban J connectivity index is 3.11. The fourth-order valence-electron chi connectivity index (χ4n) is 3.20. The molecule has 2 nitrogen and oxygen atoms in total. The molecule has 0 saturated heterocycles. The number of benzene rings is 1. The Morgan fingerprint density at radius 3 is 2.05 bits per heavy atom. The first-order valence-corrected chi connectivity index (χ1v) is 8.55. The van der Waals surface area contributed by atoms with Crippen LogP contribution in [-0.2, 0) is 6.42 Å². The van der Waals surface area contributed by atoms with Crippen molar-refractivity contribution >= 4 is 23.2 Å². The summed E-state index contributed by atoms with van der Waals surface area (Å²) in [4.78, 5) is 2.51. The lowest BCUT2D eigenvalue weighted by Crippen LogP contribution is -2.59. The van der Waals surface area contributed by atoms with Crippen molar-refractivity contribution < 1.29 is 0 Å². The molecule has 0 bridgehead atoms. The van der Waals surface area contributed by atoms with E-state index in [0.29, 0.717) is 6.04 Å². The monoisotopic (exact) mass is 330 g/mol. The van der Waals surface area contributed by atoms with Crippen LogP contribution in [0.3, 0.4) is 0 Å². The number of rotatable bonds is 8. The fourth-order valence-corrected chi connectivity index (χ4v) is 3.75. The number of nitrogens with one attached hydrogen (secondary N) is 1. The maximum Gasteiger partial charge on any atom is 0.0453 e. The Kier molecular flexibility index (Phi) is 7.49. The largest absolute Gasteiger partial charge is 0.315 e. The third kappa shape index (κ3) is 4.13. The van der Waals surface area contributed by atoms with Gasteiger partial charge in [0.05, 0.1) is 0 Å². The van der Waals surface area contributed by atoms with Crippen LogP contribution in [0.25, 0.3) is 0 Å². The summed E-state index contributed by atoms with van der Waals surface area (Å²) in [6.45, 7) is 11.1. The summed E-state index contributed by atoms with van der Waals surface area (Å²) in [6.07, 6.45) is 1.90.